The summed E-state index contributed by atoms with van der Waals surface area (Å²) in [5.41, 5.74) is 5.12. The lowest BCUT2D eigenvalue weighted by atomic mass is 9.98. The third kappa shape index (κ3) is 5.65. The highest BCUT2D eigenvalue weighted by Crippen LogP contribution is 2.29. The number of halogens is 2. The van der Waals surface area contributed by atoms with E-state index in [0.29, 0.717) is 0 Å². The molecule has 0 aliphatic heterocycles. The van der Waals surface area contributed by atoms with Crippen LogP contribution in [-0.2, 0) is 10.7 Å². The molecule has 0 saturated carbocycles. The van der Waals surface area contributed by atoms with Crippen molar-refractivity contribution >= 4 is 31.9 Å². The molecule has 23 heavy (non-hydrogen) atoms. The van der Waals surface area contributed by atoms with Crippen LogP contribution >= 0.6 is 31.9 Å². The number of ether oxygens (including phenoxy) is 1. The molecule has 0 aliphatic rings. The Morgan fingerprint density at radius 1 is 0.870 bits per heavy atom. The Morgan fingerprint density at radius 3 is 2.30 bits per heavy atom. The second kappa shape index (κ2) is 10.1. The highest BCUT2D eigenvalue weighted by Gasteiger charge is 2.06. The first-order chi connectivity index (χ1) is 11.3. The van der Waals surface area contributed by atoms with E-state index in [9.17, 15) is 0 Å². The number of rotatable bonds is 9. The van der Waals surface area contributed by atoms with Gasteiger partial charge in [-0.25, -0.2) is 0 Å². The van der Waals surface area contributed by atoms with Crippen molar-refractivity contribution in [3.8, 4) is 16.9 Å². The van der Waals surface area contributed by atoms with E-state index in [0.717, 1.165) is 29.4 Å². The Bertz CT molecular complexity index is 593. The summed E-state index contributed by atoms with van der Waals surface area (Å²) in [7, 11) is 0. The quantitative estimate of drug-likeness (QED) is 0.299. The molecule has 0 N–H and O–H groups in total. The monoisotopic (exact) mass is 438 g/mol. The average molecular weight is 440 g/mol. The number of hydrogen-bond donors (Lipinski definition) is 0. The average Bonchev–Trinajstić information content (AvgIpc) is 2.61. The highest BCUT2D eigenvalue weighted by molar-refractivity contribution is 9.08. The van der Waals surface area contributed by atoms with Crippen LogP contribution in [0.15, 0.2) is 42.5 Å². The molecule has 0 radical (unpaired) electrons. The van der Waals surface area contributed by atoms with Gasteiger partial charge in [0.1, 0.15) is 5.75 Å². The van der Waals surface area contributed by atoms with E-state index in [1.807, 2.05) is 0 Å². The largest absolute Gasteiger partial charge is 0.494 e. The molecular weight excluding hydrogens is 416 g/mol. The summed E-state index contributed by atoms with van der Waals surface area (Å²) in [6.45, 7) is 3.04. The van der Waals surface area contributed by atoms with Crippen LogP contribution in [0.5, 0.6) is 5.75 Å². The van der Waals surface area contributed by atoms with Crippen molar-refractivity contribution in [1.82, 2.24) is 0 Å². The molecule has 0 heterocycles. The van der Waals surface area contributed by atoms with Crippen LogP contribution in [0.4, 0.5) is 0 Å². The van der Waals surface area contributed by atoms with Gasteiger partial charge in [-0.2, -0.15) is 0 Å². The molecule has 0 bridgehead atoms. The molecule has 0 spiro atoms. The second-order valence-electron chi connectivity index (χ2n) is 5.69. The van der Waals surface area contributed by atoms with E-state index in [2.05, 4.69) is 81.2 Å². The number of benzene rings is 2. The molecule has 1 nitrogen and oxygen atoms in total. The van der Waals surface area contributed by atoms with Crippen molar-refractivity contribution in [3.63, 3.8) is 0 Å². The zero-order chi connectivity index (χ0) is 16.5. The zero-order valence-corrected chi connectivity index (χ0v) is 16.8. The molecule has 124 valence electrons. The zero-order valence-electron chi connectivity index (χ0n) is 13.7. The van der Waals surface area contributed by atoms with Gasteiger partial charge in [0.2, 0.25) is 0 Å². The maximum atomic E-state index is 5.83. The van der Waals surface area contributed by atoms with Gasteiger partial charge in [-0.15, -0.1) is 0 Å². The van der Waals surface area contributed by atoms with Crippen LogP contribution in [0.3, 0.4) is 0 Å². The van der Waals surface area contributed by atoms with Crippen LogP contribution in [0.2, 0.25) is 0 Å². The van der Waals surface area contributed by atoms with Gasteiger partial charge >= 0.3 is 0 Å². The Balaban J connectivity index is 2.04. The Hall–Kier alpha value is -0.800. The van der Waals surface area contributed by atoms with Crippen LogP contribution in [0.25, 0.3) is 11.1 Å². The molecule has 0 saturated heterocycles. The molecule has 3 heteroatoms. The summed E-state index contributed by atoms with van der Waals surface area (Å²) >= 11 is 7.12. The smallest absolute Gasteiger partial charge is 0.119 e. The van der Waals surface area contributed by atoms with E-state index < -0.39 is 0 Å². The van der Waals surface area contributed by atoms with Gasteiger partial charge in [0.15, 0.2) is 0 Å². The van der Waals surface area contributed by atoms with E-state index in [-0.39, 0.29) is 0 Å². The van der Waals surface area contributed by atoms with Crippen molar-refractivity contribution in [1.29, 1.82) is 0 Å². The molecule has 0 fully saturated rings. The number of hydrogen-bond acceptors (Lipinski definition) is 1. The van der Waals surface area contributed by atoms with Gasteiger partial charge in [0, 0.05) is 10.7 Å². The molecule has 0 amide bonds. The molecule has 2 aromatic rings. The van der Waals surface area contributed by atoms with E-state index >= 15 is 0 Å². The lowest BCUT2D eigenvalue weighted by Gasteiger charge is -2.11. The summed E-state index contributed by atoms with van der Waals surface area (Å²) in [4.78, 5) is 0. The second-order valence-corrected chi connectivity index (χ2v) is 6.81. The molecule has 2 rings (SSSR count). The number of unbranched alkanes of at least 4 members (excludes halogenated alkanes) is 3. The summed E-state index contributed by atoms with van der Waals surface area (Å²) < 4.78 is 5.83. The summed E-state index contributed by atoms with van der Waals surface area (Å²) in [5, 5.41) is 1.74. The molecular formula is C20H24Br2O. The minimum Gasteiger partial charge on any atom is -0.494 e. The van der Waals surface area contributed by atoms with Crippen molar-refractivity contribution in [2.45, 2.75) is 43.3 Å². The fourth-order valence-corrected chi connectivity index (χ4v) is 3.38. The molecule has 2 aromatic carbocycles. The molecule has 0 unspecified atom stereocenters. The van der Waals surface area contributed by atoms with E-state index in [4.69, 9.17) is 4.74 Å². The van der Waals surface area contributed by atoms with Crippen LogP contribution < -0.4 is 4.74 Å². The third-order valence-electron chi connectivity index (χ3n) is 3.90. The van der Waals surface area contributed by atoms with Crippen molar-refractivity contribution in [2.75, 3.05) is 6.61 Å². The van der Waals surface area contributed by atoms with Crippen LogP contribution in [0.1, 0.15) is 43.7 Å². The Labute approximate surface area is 156 Å². The van der Waals surface area contributed by atoms with Crippen molar-refractivity contribution < 1.29 is 4.74 Å². The molecule has 0 aliphatic carbocycles. The minimum atomic E-state index is 0.811. The summed E-state index contributed by atoms with van der Waals surface area (Å²) in [6.07, 6.45) is 4.94. The SMILES string of the molecule is CCCCCCOc1ccc(-c2cc(CBr)ccc2CBr)cc1. The van der Waals surface area contributed by atoms with Gasteiger partial charge in [-0.05, 0) is 40.8 Å². The molecule has 0 aromatic heterocycles. The van der Waals surface area contributed by atoms with Crippen molar-refractivity contribution in [2.24, 2.45) is 0 Å². The Morgan fingerprint density at radius 2 is 1.65 bits per heavy atom. The third-order valence-corrected chi connectivity index (χ3v) is 5.16. The maximum Gasteiger partial charge on any atom is 0.119 e. The normalized spacial score (nSPS) is 10.7. The van der Waals surface area contributed by atoms with Gasteiger partial charge in [-0.1, -0.05) is 88.4 Å². The van der Waals surface area contributed by atoms with Crippen LogP contribution in [0, 0.1) is 0 Å². The molecule has 0 atom stereocenters. The van der Waals surface area contributed by atoms with E-state index in [1.165, 1.54) is 41.5 Å². The van der Waals surface area contributed by atoms with E-state index in [1.54, 1.807) is 0 Å². The summed E-state index contributed by atoms with van der Waals surface area (Å²) in [5.74, 6) is 0.960. The lowest BCUT2D eigenvalue weighted by Crippen LogP contribution is -1.97. The first-order valence-electron chi connectivity index (χ1n) is 8.25. The predicted molar refractivity (Wildman–Crippen MR) is 107 cm³/mol. The standard InChI is InChI=1S/C20H24Br2O/c1-2-3-4-5-12-23-19-10-8-17(9-11-19)20-13-16(14-21)6-7-18(20)15-22/h6-11,13H,2-5,12,14-15H2,1H3. The summed E-state index contributed by atoms with van der Waals surface area (Å²) in [6, 6.07) is 15.1. The highest BCUT2D eigenvalue weighted by atomic mass is 79.9. The van der Waals surface area contributed by atoms with Gasteiger partial charge < -0.3 is 4.74 Å². The first-order valence-corrected chi connectivity index (χ1v) is 10.5. The van der Waals surface area contributed by atoms with Gasteiger partial charge in [0.25, 0.3) is 0 Å². The minimum absolute atomic E-state index is 0.811. The Kier molecular flexibility index (Phi) is 8.18. The van der Waals surface area contributed by atoms with Crippen LogP contribution in [-0.4, -0.2) is 6.61 Å². The topological polar surface area (TPSA) is 9.23 Å². The van der Waals surface area contributed by atoms with Crippen molar-refractivity contribution in [3.05, 3.63) is 53.6 Å². The maximum absolute atomic E-state index is 5.83. The number of alkyl halides is 2. The fourth-order valence-electron chi connectivity index (χ4n) is 2.54. The van der Waals surface area contributed by atoms with Gasteiger partial charge in [0.05, 0.1) is 6.61 Å². The predicted octanol–water partition coefficient (Wildman–Crippen LogP) is 7.10. The fraction of sp³-hybridized carbons (Fsp3) is 0.400. The lowest BCUT2D eigenvalue weighted by molar-refractivity contribution is 0.305. The first kappa shape index (κ1) is 18.5. The van der Waals surface area contributed by atoms with Gasteiger partial charge in [-0.3, -0.25) is 0 Å².